The summed E-state index contributed by atoms with van der Waals surface area (Å²) >= 11 is 1.28. The fourth-order valence-electron chi connectivity index (χ4n) is 4.23. The summed E-state index contributed by atoms with van der Waals surface area (Å²) < 4.78 is 6.91. The normalized spacial score (nSPS) is 16.6. The third-order valence-corrected chi connectivity index (χ3v) is 17.9. The van der Waals surface area contributed by atoms with Crippen LogP contribution in [-0.2, 0) is 29.4 Å². The molecule has 0 unspecified atom stereocenters. The molecule has 2 aromatic heterocycles. The number of thiophene rings is 2. The molecule has 0 saturated heterocycles. The maximum absolute atomic E-state index is 2.77. The number of allylic oxidation sites excluding steroid dienone is 8. The Kier molecular flexibility index (Phi) is 5.15. The first kappa shape index (κ1) is 17.5. The molecule has 2 heterocycles. The van der Waals surface area contributed by atoms with Crippen molar-refractivity contribution in [1.82, 2.24) is 0 Å². The van der Waals surface area contributed by atoms with Gasteiger partial charge in [-0.3, -0.25) is 0 Å². The van der Waals surface area contributed by atoms with Crippen LogP contribution in [0.2, 0.25) is 0 Å². The van der Waals surface area contributed by atoms with Gasteiger partial charge in [-0.05, 0) is 0 Å². The average Bonchev–Trinajstić information content (AvgIpc) is 3.42. The fourth-order valence-corrected chi connectivity index (χ4v) is 19.1. The van der Waals surface area contributed by atoms with E-state index in [9.17, 15) is 0 Å². The zero-order valence-corrected chi connectivity index (χ0v) is 18.1. The summed E-state index contributed by atoms with van der Waals surface area (Å²) in [4.78, 5) is 0. The quantitative estimate of drug-likeness (QED) is 0.544. The summed E-state index contributed by atoms with van der Waals surface area (Å²) in [5.74, 6) is 0. The van der Waals surface area contributed by atoms with Crippen LogP contribution >= 0.6 is 22.7 Å². The summed E-state index contributed by atoms with van der Waals surface area (Å²) in [6.07, 6.45) is 18.8. The number of rotatable bonds is 6. The minimum atomic E-state index is -2.77. The Hall–Kier alpha value is -0.926. The molecule has 0 saturated carbocycles. The van der Waals surface area contributed by atoms with E-state index < -0.39 is 16.6 Å². The number of hydrogen-bond acceptors (Lipinski definition) is 2. The van der Waals surface area contributed by atoms with Crippen molar-refractivity contribution in [1.29, 1.82) is 0 Å². The van der Waals surface area contributed by atoms with Crippen LogP contribution in [0.3, 0.4) is 0 Å². The molecule has 0 bridgehead atoms. The Balaban J connectivity index is 2.05. The molecule has 0 atom stereocenters. The van der Waals surface area contributed by atoms with Crippen LogP contribution in [0.5, 0.6) is 0 Å². The second kappa shape index (κ2) is 7.36. The van der Waals surface area contributed by atoms with E-state index in [2.05, 4.69) is 73.2 Å². The monoisotopic (exact) mass is 400 g/mol. The van der Waals surface area contributed by atoms with Crippen LogP contribution in [-0.4, -0.2) is 0 Å². The zero-order valence-electron chi connectivity index (χ0n) is 14.9. The molecule has 4 rings (SSSR count). The van der Waals surface area contributed by atoms with Crippen LogP contribution in [0.15, 0.2) is 67.1 Å². The van der Waals surface area contributed by atoms with Crippen molar-refractivity contribution in [3.8, 4) is 0 Å². The molecule has 0 N–H and O–H groups in total. The van der Waals surface area contributed by atoms with E-state index in [-0.39, 0.29) is 0 Å². The van der Waals surface area contributed by atoms with E-state index in [0.717, 1.165) is 25.7 Å². The van der Waals surface area contributed by atoms with Crippen molar-refractivity contribution in [2.45, 2.75) is 39.5 Å². The van der Waals surface area contributed by atoms with E-state index >= 15 is 0 Å². The van der Waals surface area contributed by atoms with Crippen molar-refractivity contribution >= 4 is 29.0 Å². The van der Waals surface area contributed by atoms with E-state index in [4.69, 9.17) is 0 Å². The number of aryl methyl sites for hydroxylation is 2. The molecule has 0 aromatic carbocycles. The predicted octanol–water partition coefficient (Wildman–Crippen LogP) is 5.73. The average molecular weight is 400 g/mol. The summed E-state index contributed by atoms with van der Waals surface area (Å²) in [6.45, 7) is 4.63. The topological polar surface area (TPSA) is 0 Å². The van der Waals surface area contributed by atoms with Crippen molar-refractivity contribution in [3.63, 3.8) is 0 Å². The van der Waals surface area contributed by atoms with Gasteiger partial charge in [-0.25, -0.2) is 0 Å². The van der Waals surface area contributed by atoms with Crippen LogP contribution in [0.1, 0.15) is 37.8 Å². The summed E-state index contributed by atoms with van der Waals surface area (Å²) in [5, 5.41) is 4.67. The van der Waals surface area contributed by atoms with Gasteiger partial charge in [-0.2, -0.15) is 0 Å². The van der Waals surface area contributed by atoms with Crippen molar-refractivity contribution in [3.05, 3.63) is 78.2 Å². The molecule has 0 aliphatic heterocycles. The van der Waals surface area contributed by atoms with Gasteiger partial charge in [0.1, 0.15) is 0 Å². The molecule has 3 heteroatoms. The van der Waals surface area contributed by atoms with Gasteiger partial charge in [-0.1, -0.05) is 0 Å². The fraction of sp³-hybridized carbons (Fsp3) is 0.273. The maximum atomic E-state index is 2.46. The Bertz CT molecular complexity index is 815. The van der Waals surface area contributed by atoms with Gasteiger partial charge in [0.25, 0.3) is 0 Å². The van der Waals surface area contributed by atoms with Crippen LogP contribution in [0, 0.1) is 0 Å². The van der Waals surface area contributed by atoms with Crippen molar-refractivity contribution in [2.24, 2.45) is 0 Å². The predicted molar refractivity (Wildman–Crippen MR) is 110 cm³/mol. The molecule has 0 nitrogen and oxygen atoms in total. The van der Waals surface area contributed by atoms with Gasteiger partial charge in [0, 0.05) is 0 Å². The zero-order chi connectivity index (χ0) is 17.3. The van der Waals surface area contributed by atoms with Crippen LogP contribution in [0.4, 0.5) is 0 Å². The first-order valence-electron chi connectivity index (χ1n) is 9.18. The first-order chi connectivity index (χ1) is 12.3. The van der Waals surface area contributed by atoms with Crippen molar-refractivity contribution in [2.75, 3.05) is 0 Å². The molecule has 128 valence electrons. The minimum absolute atomic E-state index is 1.14. The van der Waals surface area contributed by atoms with Gasteiger partial charge in [0.2, 0.25) is 0 Å². The van der Waals surface area contributed by atoms with Crippen molar-refractivity contribution < 1.29 is 16.6 Å². The molecular weight excluding hydrogens is 376 g/mol. The van der Waals surface area contributed by atoms with E-state index in [1.807, 2.05) is 22.7 Å². The molecule has 0 amide bonds. The van der Waals surface area contributed by atoms with Gasteiger partial charge >= 0.3 is 163 Å². The summed E-state index contributed by atoms with van der Waals surface area (Å²) in [5.41, 5.74) is 3.17. The molecule has 0 spiro atoms. The standard InChI is InChI=1S/2C6H7S.2C5H5.Ti/c2*1-2-6-3-4-7-5-6;2*1-2-4-5-3-1;/h2*3-4H,2H2,1H3;2*1-3H,4H2;. The molecule has 2 aliphatic carbocycles. The molecule has 25 heavy (non-hydrogen) atoms. The van der Waals surface area contributed by atoms with E-state index in [0.29, 0.717) is 0 Å². The first-order valence-corrected chi connectivity index (χ1v) is 14.1. The van der Waals surface area contributed by atoms with Gasteiger partial charge in [0.05, 0.1) is 0 Å². The molecular formula is C22H24S2Ti. The number of hydrogen-bond donors (Lipinski definition) is 0. The van der Waals surface area contributed by atoms with Crippen LogP contribution < -0.4 is 6.36 Å². The summed E-state index contributed by atoms with van der Waals surface area (Å²) in [6, 6.07) is 4.76. The molecule has 0 fully saturated rings. The van der Waals surface area contributed by atoms with E-state index in [1.165, 1.54) is 0 Å². The third-order valence-electron chi connectivity index (χ3n) is 5.44. The Morgan fingerprint density at radius 2 is 1.28 bits per heavy atom. The molecule has 0 radical (unpaired) electrons. The van der Waals surface area contributed by atoms with E-state index in [1.54, 1.807) is 25.2 Å². The Labute approximate surface area is 162 Å². The second-order valence-electron chi connectivity index (χ2n) is 6.66. The molecule has 2 aromatic rings. The van der Waals surface area contributed by atoms with Gasteiger partial charge in [0.15, 0.2) is 0 Å². The van der Waals surface area contributed by atoms with Gasteiger partial charge in [-0.15, -0.1) is 0 Å². The molecule has 2 aliphatic rings. The second-order valence-corrected chi connectivity index (χ2v) is 15.5. The summed E-state index contributed by atoms with van der Waals surface area (Å²) in [7, 11) is 0. The Morgan fingerprint density at radius 1 is 0.800 bits per heavy atom. The SMILES string of the molecule is CCc1ccs[c]1[Ti]([C]1=CC=CC1)([C]1=CC=CC1)[c]1sccc1CC. The Morgan fingerprint density at radius 3 is 1.64 bits per heavy atom. The third kappa shape index (κ3) is 2.75. The van der Waals surface area contributed by atoms with Crippen LogP contribution in [0.25, 0.3) is 0 Å². The van der Waals surface area contributed by atoms with Gasteiger partial charge < -0.3 is 0 Å².